The van der Waals surface area contributed by atoms with E-state index in [2.05, 4.69) is 28.9 Å². The molecule has 6 heteroatoms. The molecule has 0 saturated heterocycles. The summed E-state index contributed by atoms with van der Waals surface area (Å²) >= 11 is 0. The van der Waals surface area contributed by atoms with Crippen LogP contribution in [0.3, 0.4) is 0 Å². The van der Waals surface area contributed by atoms with Gasteiger partial charge in [-0.1, -0.05) is 55.5 Å². The standard InChI is InChI=1S/C22H25N3O3/c1-3-15-10-8-9-13-17(15)23-14-18-19(21(26)28-4-2)20(25-22(27)24-18)16-11-6-5-7-12-16/h5-13,20,23H,3-4,14H2,1-2H3,(H2,24,25,27). The second kappa shape index (κ2) is 9.08. The van der Waals surface area contributed by atoms with E-state index in [4.69, 9.17) is 4.74 Å². The largest absolute Gasteiger partial charge is 0.463 e. The Morgan fingerprint density at radius 3 is 2.50 bits per heavy atom. The van der Waals surface area contributed by atoms with Crippen molar-refractivity contribution < 1.29 is 14.3 Å². The van der Waals surface area contributed by atoms with Gasteiger partial charge in [-0.2, -0.15) is 0 Å². The first-order valence-electron chi connectivity index (χ1n) is 9.48. The smallest absolute Gasteiger partial charge is 0.338 e. The number of carbonyl (C=O) groups excluding carboxylic acids is 2. The quantitative estimate of drug-likeness (QED) is 0.643. The van der Waals surface area contributed by atoms with Crippen LogP contribution < -0.4 is 16.0 Å². The molecule has 2 aromatic carbocycles. The molecule has 0 bridgehead atoms. The second-order valence-electron chi connectivity index (χ2n) is 6.42. The van der Waals surface area contributed by atoms with Gasteiger partial charge in [-0.25, -0.2) is 9.59 Å². The van der Waals surface area contributed by atoms with E-state index < -0.39 is 12.0 Å². The monoisotopic (exact) mass is 379 g/mol. The van der Waals surface area contributed by atoms with Crippen LogP contribution in [0.25, 0.3) is 0 Å². The lowest BCUT2D eigenvalue weighted by atomic mass is 9.95. The molecular formula is C22H25N3O3. The molecular weight excluding hydrogens is 354 g/mol. The fourth-order valence-electron chi connectivity index (χ4n) is 3.29. The zero-order valence-electron chi connectivity index (χ0n) is 16.1. The molecule has 6 nitrogen and oxygen atoms in total. The lowest BCUT2D eigenvalue weighted by molar-refractivity contribution is -0.139. The minimum atomic E-state index is -0.563. The highest BCUT2D eigenvalue weighted by atomic mass is 16.5. The van der Waals surface area contributed by atoms with Gasteiger partial charge in [0.2, 0.25) is 0 Å². The SMILES string of the molecule is CCOC(=O)C1=C(CNc2ccccc2CC)NC(=O)NC1c1ccccc1. The third-order valence-electron chi connectivity index (χ3n) is 4.64. The molecule has 1 heterocycles. The molecule has 1 aliphatic heterocycles. The van der Waals surface area contributed by atoms with Crippen LogP contribution in [0, 0.1) is 0 Å². The predicted molar refractivity (Wildman–Crippen MR) is 109 cm³/mol. The number of para-hydroxylation sites is 1. The lowest BCUT2D eigenvalue weighted by Crippen LogP contribution is -2.47. The van der Waals surface area contributed by atoms with Crippen molar-refractivity contribution in [2.45, 2.75) is 26.3 Å². The molecule has 3 N–H and O–H groups in total. The minimum absolute atomic E-state index is 0.261. The van der Waals surface area contributed by atoms with Crippen molar-refractivity contribution in [2.24, 2.45) is 0 Å². The van der Waals surface area contributed by atoms with Crippen LogP contribution in [-0.2, 0) is 16.0 Å². The maximum Gasteiger partial charge on any atom is 0.338 e. The molecule has 0 saturated carbocycles. The van der Waals surface area contributed by atoms with E-state index >= 15 is 0 Å². The Morgan fingerprint density at radius 2 is 1.79 bits per heavy atom. The maximum absolute atomic E-state index is 12.7. The van der Waals surface area contributed by atoms with Gasteiger partial charge in [-0.15, -0.1) is 0 Å². The minimum Gasteiger partial charge on any atom is -0.463 e. The molecule has 1 aliphatic rings. The number of ether oxygens (including phenoxy) is 1. The summed E-state index contributed by atoms with van der Waals surface area (Å²) in [5.74, 6) is -0.440. The number of benzene rings is 2. The van der Waals surface area contributed by atoms with Gasteiger partial charge >= 0.3 is 12.0 Å². The Kier molecular flexibility index (Phi) is 6.32. The summed E-state index contributed by atoms with van der Waals surface area (Å²) in [5.41, 5.74) is 3.90. The molecule has 1 unspecified atom stereocenters. The molecule has 146 valence electrons. The van der Waals surface area contributed by atoms with Crippen LogP contribution in [0.1, 0.15) is 31.0 Å². The number of hydrogen-bond acceptors (Lipinski definition) is 4. The molecule has 0 aromatic heterocycles. The van der Waals surface area contributed by atoms with Gasteiger partial charge in [0.05, 0.1) is 30.5 Å². The number of hydrogen-bond donors (Lipinski definition) is 3. The van der Waals surface area contributed by atoms with Crippen LogP contribution in [0.5, 0.6) is 0 Å². The van der Waals surface area contributed by atoms with Gasteiger partial charge in [0.15, 0.2) is 0 Å². The fraction of sp³-hybridized carbons (Fsp3) is 0.273. The van der Waals surface area contributed by atoms with E-state index in [9.17, 15) is 9.59 Å². The number of amides is 2. The highest BCUT2D eigenvalue weighted by Gasteiger charge is 2.33. The Bertz CT molecular complexity index is 878. The van der Waals surface area contributed by atoms with E-state index in [1.807, 2.05) is 48.5 Å². The molecule has 0 fully saturated rings. The summed E-state index contributed by atoms with van der Waals surface area (Å²) in [5, 5.41) is 8.96. The van der Waals surface area contributed by atoms with Gasteiger partial charge in [0.1, 0.15) is 0 Å². The average molecular weight is 379 g/mol. The number of nitrogens with one attached hydrogen (secondary N) is 3. The normalized spacial score (nSPS) is 16.2. The summed E-state index contributed by atoms with van der Waals surface area (Å²) in [6.07, 6.45) is 0.882. The topological polar surface area (TPSA) is 79.5 Å². The summed E-state index contributed by atoms with van der Waals surface area (Å²) in [4.78, 5) is 25.0. The maximum atomic E-state index is 12.7. The number of aryl methyl sites for hydroxylation is 1. The number of anilines is 1. The average Bonchev–Trinajstić information content (AvgIpc) is 2.72. The lowest BCUT2D eigenvalue weighted by Gasteiger charge is -2.29. The van der Waals surface area contributed by atoms with Crippen LogP contribution in [0.4, 0.5) is 10.5 Å². The van der Waals surface area contributed by atoms with Crippen LogP contribution in [0.15, 0.2) is 65.9 Å². The van der Waals surface area contributed by atoms with Crippen LogP contribution >= 0.6 is 0 Å². The van der Waals surface area contributed by atoms with Crippen LogP contribution in [-0.4, -0.2) is 25.2 Å². The molecule has 3 rings (SSSR count). The molecule has 0 spiro atoms. The van der Waals surface area contributed by atoms with E-state index in [1.54, 1.807) is 6.92 Å². The first-order chi connectivity index (χ1) is 13.6. The van der Waals surface area contributed by atoms with Gasteiger partial charge in [0.25, 0.3) is 0 Å². The van der Waals surface area contributed by atoms with Crippen molar-refractivity contribution in [1.29, 1.82) is 0 Å². The Labute approximate surface area is 165 Å². The van der Waals surface area contributed by atoms with Crippen molar-refractivity contribution in [3.05, 3.63) is 77.0 Å². The highest BCUT2D eigenvalue weighted by molar-refractivity contribution is 5.95. The molecule has 28 heavy (non-hydrogen) atoms. The Balaban J connectivity index is 1.96. The number of esters is 1. The van der Waals surface area contributed by atoms with Crippen molar-refractivity contribution in [3.63, 3.8) is 0 Å². The van der Waals surface area contributed by atoms with Crippen molar-refractivity contribution >= 4 is 17.7 Å². The van der Waals surface area contributed by atoms with Crippen molar-refractivity contribution in [2.75, 3.05) is 18.5 Å². The fourth-order valence-corrected chi connectivity index (χ4v) is 3.29. The van der Waals surface area contributed by atoms with Gasteiger partial charge in [0, 0.05) is 5.69 Å². The summed E-state index contributed by atoms with van der Waals surface area (Å²) in [6.45, 7) is 4.42. The van der Waals surface area contributed by atoms with E-state index in [0.29, 0.717) is 17.8 Å². The third kappa shape index (κ3) is 4.34. The Morgan fingerprint density at radius 1 is 1.07 bits per heavy atom. The van der Waals surface area contributed by atoms with E-state index in [1.165, 1.54) is 5.56 Å². The zero-order chi connectivity index (χ0) is 19.9. The van der Waals surface area contributed by atoms with Gasteiger partial charge < -0.3 is 20.7 Å². The molecule has 1 atom stereocenters. The zero-order valence-corrected chi connectivity index (χ0v) is 16.1. The summed E-state index contributed by atoms with van der Waals surface area (Å²) in [7, 11) is 0. The molecule has 2 amide bonds. The molecule has 2 aromatic rings. The van der Waals surface area contributed by atoms with E-state index in [-0.39, 0.29) is 12.6 Å². The van der Waals surface area contributed by atoms with Crippen LogP contribution in [0.2, 0.25) is 0 Å². The van der Waals surface area contributed by atoms with Gasteiger partial charge in [-0.05, 0) is 30.5 Å². The highest BCUT2D eigenvalue weighted by Crippen LogP contribution is 2.28. The first kappa shape index (κ1) is 19.5. The van der Waals surface area contributed by atoms with E-state index in [0.717, 1.165) is 17.7 Å². The number of carbonyl (C=O) groups is 2. The van der Waals surface area contributed by atoms with Crippen molar-refractivity contribution in [3.8, 4) is 0 Å². The summed E-state index contributed by atoms with van der Waals surface area (Å²) in [6, 6.07) is 16.5. The van der Waals surface area contributed by atoms with Gasteiger partial charge in [-0.3, -0.25) is 0 Å². The molecule has 0 radical (unpaired) electrons. The third-order valence-corrected chi connectivity index (χ3v) is 4.64. The second-order valence-corrected chi connectivity index (χ2v) is 6.42. The molecule has 0 aliphatic carbocycles. The predicted octanol–water partition coefficient (Wildman–Crippen LogP) is 3.53. The first-order valence-corrected chi connectivity index (χ1v) is 9.48. The number of urea groups is 1. The number of rotatable bonds is 7. The summed E-state index contributed by atoms with van der Waals surface area (Å²) < 4.78 is 5.28. The Hall–Kier alpha value is -3.28. The van der Waals surface area contributed by atoms with Crippen molar-refractivity contribution in [1.82, 2.24) is 10.6 Å².